The van der Waals surface area contributed by atoms with Gasteiger partial charge in [-0.15, -0.1) is 11.3 Å². The van der Waals surface area contributed by atoms with E-state index in [0.717, 1.165) is 56.1 Å². The third-order valence-electron chi connectivity index (χ3n) is 13.3. The minimum Gasteiger partial charge on any atom is -0.456 e. The van der Waals surface area contributed by atoms with Crippen LogP contribution >= 0.6 is 11.3 Å². The van der Waals surface area contributed by atoms with Crippen molar-refractivity contribution in [1.29, 1.82) is 0 Å². The summed E-state index contributed by atoms with van der Waals surface area (Å²) in [6, 6.07) is 88.2. The molecule has 0 unspecified atom stereocenters. The Kier molecular flexibility index (Phi) is 8.62. The fraction of sp³-hybridized carbons (Fsp3) is 0.0164. The van der Waals surface area contributed by atoms with E-state index in [2.05, 4.69) is 246 Å². The summed E-state index contributed by atoms with van der Waals surface area (Å²) in [6.07, 6.45) is 0. The van der Waals surface area contributed by atoms with Gasteiger partial charge < -0.3 is 14.2 Å². The molecule has 0 amide bonds. The minimum atomic E-state index is -0.493. The van der Waals surface area contributed by atoms with Gasteiger partial charge in [0.15, 0.2) is 0 Å². The van der Waals surface area contributed by atoms with Crippen LogP contribution in [0.2, 0.25) is 0 Å². The van der Waals surface area contributed by atoms with Gasteiger partial charge in [0.25, 0.3) is 0 Å². The first-order valence-corrected chi connectivity index (χ1v) is 23.0. The summed E-state index contributed by atoms with van der Waals surface area (Å²) in [4.78, 5) is 4.81. The van der Waals surface area contributed by atoms with E-state index in [1.54, 1.807) is 0 Å². The Balaban J connectivity index is 1.05. The molecule has 13 rings (SSSR count). The lowest BCUT2D eigenvalue weighted by molar-refractivity contribution is 0.669. The summed E-state index contributed by atoms with van der Waals surface area (Å²) in [6.45, 7) is 0. The lowest BCUT2D eigenvalue weighted by Gasteiger charge is -2.34. The van der Waals surface area contributed by atoms with Crippen LogP contribution in [-0.4, -0.2) is 0 Å². The number of para-hydroxylation sites is 3. The first-order valence-electron chi connectivity index (χ1n) is 22.2. The highest BCUT2D eigenvalue weighted by atomic mass is 32.1. The second-order valence-electron chi connectivity index (χ2n) is 16.8. The number of benzene rings is 10. The third kappa shape index (κ3) is 5.74. The third-order valence-corrected chi connectivity index (χ3v) is 14.5. The highest BCUT2D eigenvalue weighted by molar-refractivity contribution is 7.26. The Bertz CT molecular complexity index is 3640. The number of rotatable bonds is 8. The van der Waals surface area contributed by atoms with Crippen molar-refractivity contribution in [1.82, 2.24) is 0 Å². The molecule has 0 radical (unpaired) electrons. The quantitative estimate of drug-likeness (QED) is 0.152. The van der Waals surface area contributed by atoms with Gasteiger partial charge in [0.05, 0.1) is 22.2 Å². The standard InChI is InChI=1S/C61H40N2OS/c1-4-18-41(19-5-1)61(51-27-13-10-24-47(51)48-25-11-14-28-52(48)61)42-34-36-45(37-35-42)63(53-29-16-32-56-59(53)49-26-12-15-31-55(49)64-56)46-38-39-57-50(40-46)60-54(30-17-33-58(60)65-57)62(43-20-6-2-7-21-43)44-22-8-3-9-23-44/h1-40H. The zero-order valence-electron chi connectivity index (χ0n) is 35.3. The zero-order chi connectivity index (χ0) is 42.9. The Morgan fingerprint density at radius 1 is 0.338 bits per heavy atom. The van der Waals surface area contributed by atoms with Crippen molar-refractivity contribution in [3.8, 4) is 11.1 Å². The van der Waals surface area contributed by atoms with Crippen molar-refractivity contribution >= 4 is 87.6 Å². The molecule has 0 saturated heterocycles. The molecule has 10 aromatic carbocycles. The molecular formula is C61H40N2OS. The molecule has 306 valence electrons. The van der Waals surface area contributed by atoms with Crippen molar-refractivity contribution in [3.05, 3.63) is 265 Å². The highest BCUT2D eigenvalue weighted by Gasteiger charge is 2.45. The topological polar surface area (TPSA) is 19.6 Å². The van der Waals surface area contributed by atoms with Gasteiger partial charge in [0.1, 0.15) is 11.2 Å². The van der Waals surface area contributed by atoms with Gasteiger partial charge in [-0.3, -0.25) is 0 Å². The summed E-state index contributed by atoms with van der Waals surface area (Å²) >= 11 is 1.84. The average molecular weight is 849 g/mol. The largest absolute Gasteiger partial charge is 0.456 e. The van der Waals surface area contributed by atoms with Gasteiger partial charge in [-0.25, -0.2) is 0 Å². The van der Waals surface area contributed by atoms with E-state index >= 15 is 0 Å². The lowest BCUT2D eigenvalue weighted by Crippen LogP contribution is -2.28. The number of hydrogen-bond acceptors (Lipinski definition) is 4. The maximum absolute atomic E-state index is 6.54. The van der Waals surface area contributed by atoms with Gasteiger partial charge in [-0.05, 0) is 118 Å². The van der Waals surface area contributed by atoms with E-state index < -0.39 is 5.41 Å². The van der Waals surface area contributed by atoms with E-state index in [0.29, 0.717) is 0 Å². The normalized spacial score (nSPS) is 12.7. The number of nitrogens with zero attached hydrogens (tertiary/aromatic N) is 2. The van der Waals surface area contributed by atoms with Crippen LogP contribution in [0.15, 0.2) is 247 Å². The molecule has 2 heterocycles. The zero-order valence-corrected chi connectivity index (χ0v) is 36.1. The summed E-state index contributed by atoms with van der Waals surface area (Å²) in [5.74, 6) is 0. The number of hydrogen-bond donors (Lipinski definition) is 0. The van der Waals surface area contributed by atoms with Crippen LogP contribution < -0.4 is 9.80 Å². The van der Waals surface area contributed by atoms with Crippen molar-refractivity contribution < 1.29 is 4.42 Å². The molecule has 65 heavy (non-hydrogen) atoms. The predicted molar refractivity (Wildman–Crippen MR) is 273 cm³/mol. The van der Waals surface area contributed by atoms with E-state index in [9.17, 15) is 0 Å². The molecule has 0 saturated carbocycles. The number of fused-ring (bicyclic) bond motifs is 9. The van der Waals surface area contributed by atoms with Gasteiger partial charge in [0, 0.05) is 48.3 Å². The minimum absolute atomic E-state index is 0.493. The molecule has 1 aliphatic rings. The van der Waals surface area contributed by atoms with Crippen molar-refractivity contribution in [3.63, 3.8) is 0 Å². The molecule has 3 nitrogen and oxygen atoms in total. The Hall–Kier alpha value is -8.18. The second kappa shape index (κ2) is 15.0. The van der Waals surface area contributed by atoms with Gasteiger partial charge in [-0.2, -0.15) is 0 Å². The van der Waals surface area contributed by atoms with Gasteiger partial charge in [0.2, 0.25) is 0 Å². The Morgan fingerprint density at radius 3 is 1.54 bits per heavy atom. The SMILES string of the molecule is c1ccc(N(c2ccccc2)c2cccc3sc4ccc(N(c5ccc(C6(c7ccccc7)c7ccccc7-c7ccccc76)cc5)c5cccc6oc7ccccc7c56)cc4c23)cc1. The molecule has 12 aromatic rings. The molecule has 0 fully saturated rings. The first-order chi connectivity index (χ1) is 32.3. The maximum atomic E-state index is 6.54. The summed E-state index contributed by atoms with van der Waals surface area (Å²) in [5.41, 5.74) is 15.4. The molecule has 0 spiro atoms. The molecule has 0 aliphatic heterocycles. The van der Waals surface area contributed by atoms with Crippen LogP contribution in [-0.2, 0) is 5.41 Å². The molecule has 1 aliphatic carbocycles. The average Bonchev–Trinajstić information content (AvgIpc) is 4.04. The van der Waals surface area contributed by atoms with Crippen LogP contribution in [0.4, 0.5) is 34.1 Å². The molecule has 0 N–H and O–H groups in total. The second-order valence-corrected chi connectivity index (χ2v) is 17.9. The van der Waals surface area contributed by atoms with Crippen LogP contribution in [0.1, 0.15) is 22.3 Å². The summed E-state index contributed by atoms with van der Waals surface area (Å²) in [5, 5.41) is 4.62. The van der Waals surface area contributed by atoms with Crippen LogP contribution in [0, 0.1) is 0 Å². The van der Waals surface area contributed by atoms with E-state index in [-0.39, 0.29) is 0 Å². The monoisotopic (exact) mass is 848 g/mol. The van der Waals surface area contributed by atoms with Crippen LogP contribution in [0.3, 0.4) is 0 Å². The molecular weight excluding hydrogens is 809 g/mol. The number of anilines is 6. The van der Waals surface area contributed by atoms with Crippen molar-refractivity contribution in [2.75, 3.05) is 9.80 Å². The lowest BCUT2D eigenvalue weighted by atomic mass is 9.68. The Morgan fingerprint density at radius 2 is 0.846 bits per heavy atom. The van der Waals surface area contributed by atoms with Crippen molar-refractivity contribution in [2.24, 2.45) is 0 Å². The maximum Gasteiger partial charge on any atom is 0.137 e. The van der Waals surface area contributed by atoms with E-state index in [1.807, 2.05) is 17.4 Å². The fourth-order valence-electron chi connectivity index (χ4n) is 10.6. The van der Waals surface area contributed by atoms with E-state index in [4.69, 9.17) is 4.42 Å². The predicted octanol–water partition coefficient (Wildman–Crippen LogP) is 17.3. The fourth-order valence-corrected chi connectivity index (χ4v) is 11.8. The first kappa shape index (κ1) is 37.4. The van der Waals surface area contributed by atoms with E-state index in [1.165, 1.54) is 53.6 Å². The molecule has 0 atom stereocenters. The Labute approximate surface area is 381 Å². The van der Waals surface area contributed by atoms with Crippen LogP contribution in [0.5, 0.6) is 0 Å². The highest BCUT2D eigenvalue weighted by Crippen LogP contribution is 2.56. The number of furan rings is 1. The molecule has 2 aromatic heterocycles. The van der Waals surface area contributed by atoms with Gasteiger partial charge in [-0.1, -0.05) is 158 Å². The molecule has 0 bridgehead atoms. The smallest absolute Gasteiger partial charge is 0.137 e. The van der Waals surface area contributed by atoms with Crippen molar-refractivity contribution in [2.45, 2.75) is 5.41 Å². The number of thiophene rings is 1. The summed E-state index contributed by atoms with van der Waals surface area (Å²) < 4.78 is 9.02. The molecule has 4 heteroatoms. The van der Waals surface area contributed by atoms with Crippen LogP contribution in [0.25, 0.3) is 53.2 Å². The van der Waals surface area contributed by atoms with Gasteiger partial charge >= 0.3 is 0 Å². The summed E-state index contributed by atoms with van der Waals surface area (Å²) in [7, 11) is 0.